The van der Waals surface area contributed by atoms with Gasteiger partial charge in [0.2, 0.25) is 5.95 Å². The van der Waals surface area contributed by atoms with Gasteiger partial charge in [0.15, 0.2) is 5.82 Å². The van der Waals surface area contributed by atoms with Gasteiger partial charge in [0.25, 0.3) is 0 Å². The number of halogens is 1. The molecule has 0 atom stereocenters. The van der Waals surface area contributed by atoms with Crippen molar-refractivity contribution in [1.82, 2.24) is 15.2 Å². The molecule has 0 amide bonds. The van der Waals surface area contributed by atoms with Gasteiger partial charge < -0.3 is 20.1 Å². The molecule has 0 unspecified atom stereocenters. The first kappa shape index (κ1) is 18.7. The van der Waals surface area contributed by atoms with Gasteiger partial charge in [0, 0.05) is 11.6 Å². The van der Waals surface area contributed by atoms with Crippen molar-refractivity contribution in [1.29, 1.82) is 0 Å². The van der Waals surface area contributed by atoms with Crippen LogP contribution in [0.4, 0.5) is 17.5 Å². The minimum absolute atomic E-state index is 0.434. The standard InChI is InChI=1S/C19H20ClN5O2/c1-26-15-5-3-4-13(10-15)8-9-21-19-24-18(12-22-25-19)23-16-11-14(20)6-7-17(16)27-2/h3-7,10-12H,8-9H2,1-2H3,(H2,21,23,24,25). The minimum Gasteiger partial charge on any atom is -0.497 e. The van der Waals surface area contributed by atoms with Crippen molar-refractivity contribution in [3.05, 3.63) is 59.2 Å². The van der Waals surface area contributed by atoms with Crippen molar-refractivity contribution in [2.24, 2.45) is 0 Å². The molecule has 0 bridgehead atoms. The maximum atomic E-state index is 6.05. The van der Waals surface area contributed by atoms with Crippen LogP contribution in [0.2, 0.25) is 5.02 Å². The van der Waals surface area contributed by atoms with Crippen molar-refractivity contribution < 1.29 is 9.47 Å². The maximum Gasteiger partial charge on any atom is 0.244 e. The average molecular weight is 386 g/mol. The number of hydrogen-bond acceptors (Lipinski definition) is 7. The van der Waals surface area contributed by atoms with E-state index in [1.807, 2.05) is 24.3 Å². The lowest BCUT2D eigenvalue weighted by atomic mass is 10.1. The van der Waals surface area contributed by atoms with Crippen LogP contribution in [-0.2, 0) is 6.42 Å². The van der Waals surface area contributed by atoms with Gasteiger partial charge in [-0.2, -0.15) is 10.1 Å². The minimum atomic E-state index is 0.434. The van der Waals surface area contributed by atoms with E-state index in [4.69, 9.17) is 21.1 Å². The molecular weight excluding hydrogens is 366 g/mol. The maximum absolute atomic E-state index is 6.05. The highest BCUT2D eigenvalue weighted by molar-refractivity contribution is 6.31. The van der Waals surface area contributed by atoms with Gasteiger partial charge in [-0.25, -0.2) is 0 Å². The van der Waals surface area contributed by atoms with Crippen LogP contribution in [0.5, 0.6) is 11.5 Å². The average Bonchev–Trinajstić information content (AvgIpc) is 2.69. The molecule has 0 radical (unpaired) electrons. The Kier molecular flexibility index (Phi) is 6.27. The topological polar surface area (TPSA) is 81.2 Å². The van der Waals surface area contributed by atoms with Crippen molar-refractivity contribution in [2.75, 3.05) is 31.4 Å². The molecular formula is C19H20ClN5O2. The summed E-state index contributed by atoms with van der Waals surface area (Å²) < 4.78 is 10.6. The first-order valence-corrected chi connectivity index (χ1v) is 8.73. The molecule has 8 heteroatoms. The van der Waals surface area contributed by atoms with Crippen LogP contribution in [0.15, 0.2) is 48.7 Å². The first-order chi connectivity index (χ1) is 13.2. The lowest BCUT2D eigenvalue weighted by Gasteiger charge is -2.11. The summed E-state index contributed by atoms with van der Waals surface area (Å²) in [7, 11) is 3.25. The Bertz CT molecular complexity index is 907. The SMILES string of the molecule is COc1cccc(CCNc2nncc(Nc3cc(Cl)ccc3OC)n2)c1. The van der Waals surface area contributed by atoms with Crippen molar-refractivity contribution >= 4 is 29.1 Å². The Labute approximate surface area is 162 Å². The van der Waals surface area contributed by atoms with Crippen LogP contribution in [0.25, 0.3) is 0 Å². The lowest BCUT2D eigenvalue weighted by molar-refractivity contribution is 0.414. The first-order valence-electron chi connectivity index (χ1n) is 8.35. The molecule has 0 spiro atoms. The van der Waals surface area contributed by atoms with Crippen LogP contribution in [-0.4, -0.2) is 35.9 Å². The smallest absolute Gasteiger partial charge is 0.244 e. The molecule has 0 saturated heterocycles. The number of nitrogens with zero attached hydrogens (tertiary/aromatic N) is 3. The normalized spacial score (nSPS) is 10.3. The number of nitrogens with one attached hydrogen (secondary N) is 2. The molecule has 1 heterocycles. The number of benzene rings is 2. The van der Waals surface area contributed by atoms with Gasteiger partial charge in [0.05, 0.1) is 26.1 Å². The van der Waals surface area contributed by atoms with Crippen LogP contribution in [0.3, 0.4) is 0 Å². The number of ether oxygens (including phenoxy) is 2. The van der Waals surface area contributed by atoms with Crippen LogP contribution < -0.4 is 20.1 Å². The fraction of sp³-hybridized carbons (Fsp3) is 0.211. The van der Waals surface area contributed by atoms with Crippen molar-refractivity contribution in [3.63, 3.8) is 0 Å². The molecule has 3 rings (SSSR count). The number of methoxy groups -OCH3 is 2. The molecule has 7 nitrogen and oxygen atoms in total. The van der Waals surface area contributed by atoms with E-state index in [0.29, 0.717) is 34.8 Å². The highest BCUT2D eigenvalue weighted by Gasteiger charge is 2.07. The zero-order valence-corrected chi connectivity index (χ0v) is 15.8. The second kappa shape index (κ2) is 9.05. The van der Waals surface area contributed by atoms with E-state index >= 15 is 0 Å². The summed E-state index contributed by atoms with van der Waals surface area (Å²) in [4.78, 5) is 4.42. The Hall–Kier alpha value is -3.06. The molecule has 2 N–H and O–H groups in total. The van der Waals surface area contributed by atoms with E-state index in [9.17, 15) is 0 Å². The summed E-state index contributed by atoms with van der Waals surface area (Å²) in [5.41, 5.74) is 1.86. The quantitative estimate of drug-likeness (QED) is 0.607. The third-order valence-corrected chi connectivity index (χ3v) is 4.05. The highest BCUT2D eigenvalue weighted by atomic mass is 35.5. The second-order valence-corrected chi connectivity index (χ2v) is 6.10. The zero-order valence-electron chi connectivity index (χ0n) is 15.1. The van der Waals surface area contributed by atoms with Gasteiger partial charge >= 0.3 is 0 Å². The predicted octanol–water partition coefficient (Wildman–Crippen LogP) is 3.94. The van der Waals surface area contributed by atoms with E-state index in [0.717, 1.165) is 17.7 Å². The number of anilines is 3. The van der Waals surface area contributed by atoms with E-state index in [1.54, 1.807) is 32.4 Å². The molecule has 0 fully saturated rings. The van der Waals surface area contributed by atoms with E-state index in [1.165, 1.54) is 6.20 Å². The number of aromatic nitrogens is 3. The molecule has 3 aromatic rings. The van der Waals surface area contributed by atoms with Crippen LogP contribution in [0, 0.1) is 0 Å². The third-order valence-electron chi connectivity index (χ3n) is 3.81. The van der Waals surface area contributed by atoms with E-state index < -0.39 is 0 Å². The Morgan fingerprint density at radius 2 is 1.96 bits per heavy atom. The fourth-order valence-electron chi connectivity index (χ4n) is 2.50. The van der Waals surface area contributed by atoms with Gasteiger partial charge in [-0.05, 0) is 42.3 Å². The molecule has 0 saturated carbocycles. The third kappa shape index (κ3) is 5.21. The summed E-state index contributed by atoms with van der Waals surface area (Å²) in [6, 6.07) is 13.2. The molecule has 0 aliphatic rings. The highest BCUT2D eigenvalue weighted by Crippen LogP contribution is 2.29. The van der Waals surface area contributed by atoms with Crippen molar-refractivity contribution in [3.8, 4) is 11.5 Å². The monoisotopic (exact) mass is 385 g/mol. The Balaban J connectivity index is 1.63. The number of rotatable bonds is 8. The lowest BCUT2D eigenvalue weighted by Crippen LogP contribution is -2.10. The van der Waals surface area contributed by atoms with Crippen molar-refractivity contribution in [2.45, 2.75) is 6.42 Å². The summed E-state index contributed by atoms with van der Waals surface area (Å²) in [6.45, 7) is 0.665. The van der Waals surface area contributed by atoms with Gasteiger partial charge in [0.1, 0.15) is 11.5 Å². The number of hydrogen-bond donors (Lipinski definition) is 2. The van der Waals surface area contributed by atoms with Crippen LogP contribution in [0.1, 0.15) is 5.56 Å². The molecule has 140 valence electrons. The Morgan fingerprint density at radius 1 is 1.07 bits per heavy atom. The largest absolute Gasteiger partial charge is 0.497 e. The molecule has 1 aromatic heterocycles. The van der Waals surface area contributed by atoms with Gasteiger partial charge in [-0.1, -0.05) is 23.7 Å². The van der Waals surface area contributed by atoms with Crippen LogP contribution >= 0.6 is 11.6 Å². The van der Waals surface area contributed by atoms with Gasteiger partial charge in [-0.3, -0.25) is 0 Å². The van der Waals surface area contributed by atoms with E-state index in [2.05, 4.69) is 25.8 Å². The summed E-state index contributed by atoms with van der Waals surface area (Å²) in [5.74, 6) is 2.47. The molecule has 0 aliphatic carbocycles. The fourth-order valence-corrected chi connectivity index (χ4v) is 2.67. The Morgan fingerprint density at radius 3 is 2.78 bits per heavy atom. The predicted molar refractivity (Wildman–Crippen MR) is 106 cm³/mol. The zero-order chi connectivity index (χ0) is 19.1. The molecule has 0 aliphatic heterocycles. The summed E-state index contributed by atoms with van der Waals surface area (Å²) in [5, 5.41) is 14.9. The molecule has 2 aromatic carbocycles. The molecule has 27 heavy (non-hydrogen) atoms. The second-order valence-electron chi connectivity index (χ2n) is 5.66. The summed E-state index contributed by atoms with van der Waals surface area (Å²) in [6.07, 6.45) is 2.34. The van der Waals surface area contributed by atoms with E-state index in [-0.39, 0.29) is 0 Å². The van der Waals surface area contributed by atoms with Gasteiger partial charge in [-0.15, -0.1) is 5.10 Å². The summed E-state index contributed by atoms with van der Waals surface area (Å²) >= 11 is 6.05.